The molecule has 0 aliphatic carbocycles. The Balaban J connectivity index is 2.11. The fourth-order valence-electron chi connectivity index (χ4n) is 1.52. The Morgan fingerprint density at radius 3 is 2.88 bits per heavy atom. The van der Waals surface area contributed by atoms with Crippen molar-refractivity contribution in [3.05, 3.63) is 5.82 Å². The summed E-state index contributed by atoms with van der Waals surface area (Å²) < 4.78 is 37.2. The highest BCUT2D eigenvalue weighted by atomic mass is 19.4. The first-order valence-corrected chi connectivity index (χ1v) is 4.86. The summed E-state index contributed by atoms with van der Waals surface area (Å²) in [7, 11) is 0. The number of rotatable bonds is 1. The third-order valence-electron chi connectivity index (χ3n) is 2.32. The number of amides is 1. The number of alkyl halides is 3. The van der Waals surface area contributed by atoms with Gasteiger partial charge in [0.25, 0.3) is 0 Å². The number of nitrogens with zero attached hydrogens (tertiary/aromatic N) is 3. The number of hydrogen-bond acceptors (Lipinski definition) is 4. The molecule has 1 aromatic heterocycles. The first-order valence-electron chi connectivity index (χ1n) is 4.86. The fraction of sp³-hybridized carbons (Fsp3) is 0.625. The Morgan fingerprint density at radius 1 is 1.53 bits per heavy atom. The Kier molecular flexibility index (Phi) is 2.77. The molecular formula is C8H9F3N4O2. The monoisotopic (exact) mass is 250 g/mol. The molecule has 1 amide bonds. The van der Waals surface area contributed by atoms with Gasteiger partial charge < -0.3 is 5.11 Å². The summed E-state index contributed by atoms with van der Waals surface area (Å²) in [5.41, 5.74) is 0. The molecule has 94 valence electrons. The van der Waals surface area contributed by atoms with E-state index in [2.05, 4.69) is 10.1 Å². The zero-order valence-corrected chi connectivity index (χ0v) is 8.53. The van der Waals surface area contributed by atoms with Crippen molar-refractivity contribution in [1.29, 1.82) is 0 Å². The van der Waals surface area contributed by atoms with Crippen molar-refractivity contribution in [2.24, 2.45) is 0 Å². The Bertz CT molecular complexity index is 442. The SMILES string of the molecule is O=C(Nc1nc2n(n1)CC(O)CC2)C(F)(F)F. The zero-order valence-electron chi connectivity index (χ0n) is 8.53. The molecule has 2 rings (SSSR count). The van der Waals surface area contributed by atoms with Crippen LogP contribution < -0.4 is 5.32 Å². The van der Waals surface area contributed by atoms with Crippen molar-refractivity contribution in [2.75, 3.05) is 5.32 Å². The molecule has 2 heterocycles. The zero-order chi connectivity index (χ0) is 12.6. The number of carbonyl (C=O) groups is 1. The average Bonchev–Trinajstić information content (AvgIpc) is 2.57. The van der Waals surface area contributed by atoms with E-state index in [-0.39, 0.29) is 6.54 Å². The number of nitrogens with one attached hydrogen (secondary N) is 1. The predicted molar refractivity (Wildman–Crippen MR) is 49.0 cm³/mol. The maximum absolute atomic E-state index is 12.0. The normalized spacial score (nSPS) is 19.9. The van der Waals surface area contributed by atoms with E-state index in [1.807, 2.05) is 0 Å². The minimum Gasteiger partial charge on any atom is -0.391 e. The molecule has 1 aromatic rings. The molecule has 9 heteroatoms. The predicted octanol–water partition coefficient (Wildman–Crippen LogP) is 0.0860. The molecule has 0 saturated heterocycles. The second-order valence-corrected chi connectivity index (χ2v) is 3.68. The lowest BCUT2D eigenvalue weighted by Crippen LogP contribution is -2.30. The fourth-order valence-corrected chi connectivity index (χ4v) is 1.52. The lowest BCUT2D eigenvalue weighted by Gasteiger charge is -2.16. The summed E-state index contributed by atoms with van der Waals surface area (Å²) in [6.07, 6.45) is -4.66. The van der Waals surface area contributed by atoms with Crippen molar-refractivity contribution in [2.45, 2.75) is 31.7 Å². The first-order chi connectivity index (χ1) is 7.86. The van der Waals surface area contributed by atoms with E-state index in [0.29, 0.717) is 18.7 Å². The second kappa shape index (κ2) is 3.99. The van der Waals surface area contributed by atoms with Gasteiger partial charge in [-0.05, 0) is 6.42 Å². The third-order valence-corrected chi connectivity index (χ3v) is 2.32. The van der Waals surface area contributed by atoms with Gasteiger partial charge in [0.2, 0.25) is 5.95 Å². The van der Waals surface area contributed by atoms with Crippen LogP contribution >= 0.6 is 0 Å². The van der Waals surface area contributed by atoms with Gasteiger partial charge in [0, 0.05) is 6.42 Å². The van der Waals surface area contributed by atoms with E-state index in [4.69, 9.17) is 0 Å². The highest BCUT2D eigenvalue weighted by molar-refractivity contribution is 5.93. The molecule has 0 saturated carbocycles. The number of aliphatic hydroxyl groups is 1. The van der Waals surface area contributed by atoms with Crippen molar-refractivity contribution in [3.8, 4) is 0 Å². The second-order valence-electron chi connectivity index (χ2n) is 3.68. The highest BCUT2D eigenvalue weighted by Gasteiger charge is 2.39. The van der Waals surface area contributed by atoms with Crippen LogP contribution in [0.5, 0.6) is 0 Å². The van der Waals surface area contributed by atoms with Gasteiger partial charge in [-0.1, -0.05) is 0 Å². The number of carbonyl (C=O) groups excluding carboxylic acids is 1. The Labute approximate surface area is 93.4 Å². The Morgan fingerprint density at radius 2 is 2.24 bits per heavy atom. The Hall–Kier alpha value is -1.64. The number of hydrogen-bond donors (Lipinski definition) is 2. The summed E-state index contributed by atoms with van der Waals surface area (Å²) in [4.78, 5) is 14.4. The van der Waals surface area contributed by atoms with Gasteiger partial charge in [-0.25, -0.2) is 4.68 Å². The number of halogens is 3. The molecule has 1 aliphatic heterocycles. The van der Waals surface area contributed by atoms with E-state index in [1.54, 1.807) is 5.32 Å². The third kappa shape index (κ3) is 2.54. The van der Waals surface area contributed by atoms with Crippen molar-refractivity contribution in [3.63, 3.8) is 0 Å². The van der Waals surface area contributed by atoms with Gasteiger partial charge in [-0.3, -0.25) is 10.1 Å². The molecular weight excluding hydrogens is 241 g/mol. The smallest absolute Gasteiger partial charge is 0.391 e. The molecule has 0 aromatic carbocycles. The van der Waals surface area contributed by atoms with Crippen LogP contribution in [-0.2, 0) is 17.8 Å². The summed E-state index contributed by atoms with van der Waals surface area (Å²) >= 11 is 0. The minimum absolute atomic E-state index is 0.171. The number of fused-ring (bicyclic) bond motifs is 1. The van der Waals surface area contributed by atoms with Gasteiger partial charge >= 0.3 is 12.1 Å². The summed E-state index contributed by atoms with van der Waals surface area (Å²) in [5.74, 6) is -2.05. The molecule has 0 bridgehead atoms. The van der Waals surface area contributed by atoms with Crippen LogP contribution in [0.2, 0.25) is 0 Å². The van der Waals surface area contributed by atoms with Crippen molar-refractivity contribution in [1.82, 2.24) is 14.8 Å². The van der Waals surface area contributed by atoms with E-state index < -0.39 is 24.1 Å². The maximum Gasteiger partial charge on any atom is 0.471 e. The molecule has 0 fully saturated rings. The van der Waals surface area contributed by atoms with Crippen molar-refractivity contribution < 1.29 is 23.1 Å². The molecule has 0 radical (unpaired) electrons. The van der Waals surface area contributed by atoms with Gasteiger partial charge in [-0.15, -0.1) is 5.10 Å². The standard InChI is InChI=1S/C8H9F3N4O2/c9-8(10,11)6(17)13-7-12-5-2-1-4(16)3-15(5)14-7/h4,16H,1-3H2,(H,13,14,17). The first kappa shape index (κ1) is 11.8. The number of aliphatic hydroxyl groups excluding tert-OH is 1. The summed E-state index contributed by atoms with van der Waals surface area (Å²) in [6, 6.07) is 0. The van der Waals surface area contributed by atoms with Gasteiger partial charge in [0.05, 0.1) is 12.6 Å². The van der Waals surface area contributed by atoms with Crippen LogP contribution in [-0.4, -0.2) is 38.1 Å². The number of anilines is 1. The molecule has 1 atom stereocenters. The van der Waals surface area contributed by atoms with Gasteiger partial charge in [-0.2, -0.15) is 18.2 Å². The van der Waals surface area contributed by atoms with Crippen LogP contribution in [0.3, 0.4) is 0 Å². The molecule has 1 aliphatic rings. The minimum atomic E-state index is -4.97. The van der Waals surface area contributed by atoms with E-state index >= 15 is 0 Å². The molecule has 0 spiro atoms. The summed E-state index contributed by atoms with van der Waals surface area (Å²) in [5, 5.41) is 14.6. The topological polar surface area (TPSA) is 80.0 Å². The lowest BCUT2D eigenvalue weighted by molar-refractivity contribution is -0.167. The maximum atomic E-state index is 12.0. The number of aryl methyl sites for hydroxylation is 1. The van der Waals surface area contributed by atoms with E-state index in [0.717, 1.165) is 0 Å². The number of aromatic nitrogens is 3. The van der Waals surface area contributed by atoms with Gasteiger partial charge in [0.1, 0.15) is 5.82 Å². The average molecular weight is 250 g/mol. The van der Waals surface area contributed by atoms with Gasteiger partial charge in [0.15, 0.2) is 0 Å². The lowest BCUT2D eigenvalue weighted by atomic mass is 10.1. The van der Waals surface area contributed by atoms with E-state index in [9.17, 15) is 23.1 Å². The largest absolute Gasteiger partial charge is 0.471 e. The molecule has 6 nitrogen and oxygen atoms in total. The molecule has 1 unspecified atom stereocenters. The molecule has 17 heavy (non-hydrogen) atoms. The van der Waals surface area contributed by atoms with Crippen LogP contribution in [0, 0.1) is 0 Å². The van der Waals surface area contributed by atoms with Crippen LogP contribution in [0.25, 0.3) is 0 Å². The summed E-state index contributed by atoms with van der Waals surface area (Å²) in [6.45, 7) is 0.171. The van der Waals surface area contributed by atoms with Crippen LogP contribution in [0.15, 0.2) is 0 Å². The van der Waals surface area contributed by atoms with Crippen LogP contribution in [0.1, 0.15) is 12.2 Å². The van der Waals surface area contributed by atoms with Crippen LogP contribution in [0.4, 0.5) is 19.1 Å². The molecule has 2 N–H and O–H groups in total. The quantitative estimate of drug-likeness (QED) is 0.740. The van der Waals surface area contributed by atoms with Crippen molar-refractivity contribution >= 4 is 11.9 Å². The highest BCUT2D eigenvalue weighted by Crippen LogP contribution is 2.18. The van der Waals surface area contributed by atoms with E-state index in [1.165, 1.54) is 4.68 Å².